The minimum atomic E-state index is -6.61. The van der Waals surface area contributed by atoms with Gasteiger partial charge in [0.15, 0.2) is 0 Å². The van der Waals surface area contributed by atoms with Crippen LogP contribution in [0.4, 0.5) is 43.9 Å². The molecule has 0 aromatic rings. The third-order valence-corrected chi connectivity index (χ3v) is 1.16. The van der Waals surface area contributed by atoms with Crippen molar-refractivity contribution in [3.63, 3.8) is 0 Å². The first-order valence-corrected chi connectivity index (χ1v) is 3.14. The number of halogens is 10. The number of alkyl halides is 10. The fourth-order valence-electron chi connectivity index (χ4n) is 0.459. The zero-order chi connectivity index (χ0) is 13.4. The van der Waals surface area contributed by atoms with Crippen LogP contribution < -0.4 is 0 Å². The van der Waals surface area contributed by atoms with Crippen LogP contribution in [0, 0.1) is 11.8 Å². The molecule has 0 N–H and O–H groups in total. The van der Waals surface area contributed by atoms with Crippen molar-refractivity contribution in [2.24, 2.45) is 0 Å². The Morgan fingerprint density at radius 2 is 0.812 bits per heavy atom. The zero-order valence-electron chi connectivity index (χ0n) is 6.78. The molecule has 0 fully saturated rings. The van der Waals surface area contributed by atoms with Gasteiger partial charge in [-0.2, -0.15) is 39.5 Å². The molecule has 0 heterocycles. The molecule has 0 radical (unpaired) electrons. The number of hydrogen-bond donors (Lipinski definition) is 0. The van der Waals surface area contributed by atoms with Crippen LogP contribution in [0.5, 0.6) is 0 Å². The normalized spacial score (nSPS) is 14.4. The van der Waals surface area contributed by atoms with E-state index in [0.717, 1.165) is 0 Å². The van der Waals surface area contributed by atoms with Gasteiger partial charge in [0.25, 0.3) is 0 Å². The Morgan fingerprint density at radius 1 is 0.500 bits per heavy atom. The van der Waals surface area contributed by atoms with Gasteiger partial charge in [0.2, 0.25) is 0 Å². The Kier molecular flexibility index (Phi) is 3.44. The van der Waals surface area contributed by atoms with Crippen molar-refractivity contribution >= 4 is 0 Å². The maximum Gasteiger partial charge on any atom is 0.457 e. The summed E-state index contributed by atoms with van der Waals surface area (Å²) in [7, 11) is 0. The summed E-state index contributed by atoms with van der Waals surface area (Å²) in [5.41, 5.74) is -6.20. The predicted octanol–water partition coefficient (Wildman–Crippen LogP) is 3.38. The van der Waals surface area contributed by atoms with Gasteiger partial charge in [0.05, 0.1) is 0 Å². The minimum absolute atomic E-state index is 0.389. The van der Waals surface area contributed by atoms with E-state index in [4.69, 9.17) is 0 Å². The van der Waals surface area contributed by atoms with Crippen molar-refractivity contribution in [2.75, 3.05) is 0 Å². The second kappa shape index (κ2) is 3.71. The fraction of sp³-hybridized carbons (Fsp3) is 0.667. The lowest BCUT2D eigenvalue weighted by Gasteiger charge is -2.24. The van der Waals surface area contributed by atoms with E-state index in [1.165, 1.54) is 0 Å². The van der Waals surface area contributed by atoms with Gasteiger partial charge in [-0.25, -0.2) is 4.39 Å². The fourth-order valence-corrected chi connectivity index (χ4v) is 0.459. The lowest BCUT2D eigenvalue weighted by molar-refractivity contribution is -0.318. The molecule has 0 bridgehead atoms. The van der Waals surface area contributed by atoms with Crippen LogP contribution in [0.15, 0.2) is 0 Å². The van der Waals surface area contributed by atoms with Crippen LogP contribution in [0.2, 0.25) is 0 Å². The molecule has 16 heavy (non-hydrogen) atoms. The second-order valence-corrected chi connectivity index (χ2v) is 2.40. The molecular formula is C6F10. The standard InChI is InChI=1S/C6F10/c7-3(5(11,12)13,6(14,15)16)1-2-4(8,9)10. The van der Waals surface area contributed by atoms with Gasteiger partial charge < -0.3 is 0 Å². The van der Waals surface area contributed by atoms with Gasteiger partial charge >= 0.3 is 24.2 Å². The number of rotatable bonds is 0. The SMILES string of the molecule is FC(F)(F)C#CC(F)(C(F)(F)F)C(F)(F)F. The molecule has 10 heteroatoms. The van der Waals surface area contributed by atoms with Crippen molar-refractivity contribution in [1.29, 1.82) is 0 Å². The highest BCUT2D eigenvalue weighted by Gasteiger charge is 2.72. The van der Waals surface area contributed by atoms with Gasteiger partial charge in [-0.1, -0.05) is 0 Å². The summed E-state index contributed by atoms with van der Waals surface area (Å²) >= 11 is 0. The van der Waals surface area contributed by atoms with Crippen LogP contribution in [0.25, 0.3) is 0 Å². The quantitative estimate of drug-likeness (QED) is 0.463. The molecule has 0 nitrogen and oxygen atoms in total. The van der Waals surface area contributed by atoms with Crippen molar-refractivity contribution < 1.29 is 43.9 Å². The van der Waals surface area contributed by atoms with E-state index in [2.05, 4.69) is 0 Å². The maximum absolute atomic E-state index is 12.4. The Hall–Kier alpha value is -1.14. The average Bonchev–Trinajstić information content (AvgIpc) is 1.93. The lowest BCUT2D eigenvalue weighted by atomic mass is 10.1. The molecule has 0 saturated carbocycles. The highest BCUT2D eigenvalue weighted by molar-refractivity contribution is 5.23. The minimum Gasteiger partial charge on any atom is -0.209 e. The van der Waals surface area contributed by atoms with Gasteiger partial charge in [0, 0.05) is 5.92 Å². The molecule has 0 amide bonds. The third-order valence-electron chi connectivity index (χ3n) is 1.16. The zero-order valence-corrected chi connectivity index (χ0v) is 6.78. The van der Waals surface area contributed by atoms with Crippen molar-refractivity contribution in [2.45, 2.75) is 24.2 Å². The van der Waals surface area contributed by atoms with E-state index < -0.39 is 30.1 Å². The third kappa shape index (κ3) is 3.18. The molecule has 0 aromatic heterocycles. The summed E-state index contributed by atoms with van der Waals surface area (Å²) in [6, 6.07) is 0. The summed E-state index contributed by atoms with van der Waals surface area (Å²) in [4.78, 5) is 0. The highest BCUT2D eigenvalue weighted by Crippen LogP contribution is 2.45. The van der Waals surface area contributed by atoms with Crippen molar-refractivity contribution in [1.82, 2.24) is 0 Å². The maximum atomic E-state index is 12.4. The van der Waals surface area contributed by atoms with E-state index >= 15 is 0 Å². The van der Waals surface area contributed by atoms with Crippen LogP contribution in [0.3, 0.4) is 0 Å². The summed E-state index contributed by atoms with van der Waals surface area (Å²) in [5.74, 6) is -0.865. The molecule has 0 spiro atoms. The summed E-state index contributed by atoms with van der Waals surface area (Å²) in [6.45, 7) is 0. The number of hydrogen-bond acceptors (Lipinski definition) is 0. The van der Waals surface area contributed by atoms with Gasteiger partial charge in [-0.15, -0.1) is 0 Å². The van der Waals surface area contributed by atoms with Crippen LogP contribution in [0.1, 0.15) is 0 Å². The second-order valence-electron chi connectivity index (χ2n) is 2.40. The molecule has 0 aromatic carbocycles. The molecule has 94 valence electrons. The molecule has 0 aliphatic rings. The Bertz CT molecular complexity index is 289. The van der Waals surface area contributed by atoms with Gasteiger partial charge in [0.1, 0.15) is 0 Å². The first-order chi connectivity index (χ1) is 6.71. The smallest absolute Gasteiger partial charge is 0.209 e. The van der Waals surface area contributed by atoms with Crippen LogP contribution in [-0.2, 0) is 0 Å². The van der Waals surface area contributed by atoms with Crippen LogP contribution in [-0.4, -0.2) is 24.2 Å². The highest BCUT2D eigenvalue weighted by atomic mass is 19.4. The molecule has 0 unspecified atom stereocenters. The van der Waals surface area contributed by atoms with E-state index in [0.29, 0.717) is 0 Å². The first-order valence-electron chi connectivity index (χ1n) is 3.14. The average molecular weight is 262 g/mol. The van der Waals surface area contributed by atoms with Gasteiger partial charge in [-0.3, -0.25) is 0 Å². The Morgan fingerprint density at radius 3 is 1.00 bits per heavy atom. The molecular weight excluding hydrogens is 262 g/mol. The topological polar surface area (TPSA) is 0 Å². The van der Waals surface area contributed by atoms with E-state index in [1.54, 1.807) is 0 Å². The van der Waals surface area contributed by atoms with E-state index in [-0.39, 0.29) is 5.92 Å². The molecule has 0 aliphatic carbocycles. The van der Waals surface area contributed by atoms with E-state index in [1.807, 2.05) is 0 Å². The monoisotopic (exact) mass is 262 g/mol. The van der Waals surface area contributed by atoms with Gasteiger partial charge in [-0.05, 0) is 5.92 Å². The van der Waals surface area contributed by atoms with Crippen molar-refractivity contribution in [3.8, 4) is 11.8 Å². The summed E-state index contributed by atoms with van der Waals surface area (Å²) < 4.78 is 116. The van der Waals surface area contributed by atoms with E-state index in [9.17, 15) is 43.9 Å². The first kappa shape index (κ1) is 14.9. The Balaban J connectivity index is 5.54. The molecule has 0 aliphatic heterocycles. The lowest BCUT2D eigenvalue weighted by Crippen LogP contribution is -2.52. The molecule has 0 saturated heterocycles. The molecule has 0 atom stereocenters. The summed E-state index contributed by atoms with van der Waals surface area (Å²) in [5, 5.41) is 0. The predicted molar refractivity (Wildman–Crippen MR) is 29.8 cm³/mol. The van der Waals surface area contributed by atoms with Crippen molar-refractivity contribution in [3.05, 3.63) is 0 Å². The van der Waals surface area contributed by atoms with Crippen LogP contribution >= 0.6 is 0 Å². The Labute approximate surface area is 81.2 Å². The summed E-state index contributed by atoms with van der Waals surface area (Å²) in [6.07, 6.45) is -18.9. The largest absolute Gasteiger partial charge is 0.457 e. The molecule has 0 rings (SSSR count).